The number of methoxy groups -OCH3 is 1. The summed E-state index contributed by atoms with van der Waals surface area (Å²) in [7, 11) is 1.66. The maximum atomic E-state index is 6.63. The first kappa shape index (κ1) is 26.6. The van der Waals surface area contributed by atoms with Crippen molar-refractivity contribution in [1.82, 2.24) is 24.5 Å². The summed E-state index contributed by atoms with van der Waals surface area (Å²) in [4.78, 5) is 0. The molecule has 0 saturated heterocycles. The molecule has 0 atom stereocenters. The van der Waals surface area contributed by atoms with Gasteiger partial charge in [0.2, 0.25) is 0 Å². The third-order valence-electron chi connectivity index (χ3n) is 6.15. The Bertz CT molecular complexity index is 1580. The van der Waals surface area contributed by atoms with Crippen molar-refractivity contribution in [2.45, 2.75) is 31.3 Å². The van der Waals surface area contributed by atoms with E-state index in [-0.39, 0.29) is 0 Å². The Kier molecular flexibility index (Phi) is 8.00. The van der Waals surface area contributed by atoms with Crippen molar-refractivity contribution in [1.29, 1.82) is 0 Å². The molecule has 0 aliphatic rings. The average molecular weight is 585 g/mol. The van der Waals surface area contributed by atoms with Crippen LogP contribution in [0, 0.1) is 6.92 Å². The molecule has 194 valence electrons. The van der Waals surface area contributed by atoms with Crippen molar-refractivity contribution in [2.75, 3.05) is 7.11 Å². The van der Waals surface area contributed by atoms with E-state index in [1.54, 1.807) is 31.0 Å². The van der Waals surface area contributed by atoms with Crippen LogP contribution in [0.15, 0.2) is 71.9 Å². The van der Waals surface area contributed by atoms with Crippen molar-refractivity contribution in [3.8, 4) is 34.2 Å². The molecule has 2 aromatic heterocycles. The van der Waals surface area contributed by atoms with E-state index in [0.29, 0.717) is 33.1 Å². The summed E-state index contributed by atoms with van der Waals surface area (Å²) < 4.78 is 9.19. The highest BCUT2D eigenvalue weighted by molar-refractivity contribution is 7.98. The zero-order valence-electron chi connectivity index (χ0n) is 21.0. The number of nitrogens with zero attached hydrogens (tertiary/aromatic N) is 5. The summed E-state index contributed by atoms with van der Waals surface area (Å²) in [6.07, 6.45) is 0. The largest absolute Gasteiger partial charge is 0.497 e. The van der Waals surface area contributed by atoms with E-state index in [1.807, 2.05) is 54.1 Å². The van der Waals surface area contributed by atoms with Crippen LogP contribution in [0.2, 0.25) is 15.1 Å². The van der Waals surface area contributed by atoms with Gasteiger partial charge in [0.25, 0.3) is 0 Å². The first-order valence-electron chi connectivity index (χ1n) is 11.9. The lowest BCUT2D eigenvalue weighted by molar-refractivity contribution is 0.414. The highest BCUT2D eigenvalue weighted by atomic mass is 35.5. The average Bonchev–Trinajstić information content (AvgIpc) is 3.48. The van der Waals surface area contributed by atoms with Crippen LogP contribution in [0.25, 0.3) is 28.5 Å². The van der Waals surface area contributed by atoms with Crippen molar-refractivity contribution in [2.24, 2.45) is 0 Å². The minimum absolute atomic E-state index is 0.495. The van der Waals surface area contributed by atoms with E-state index in [4.69, 9.17) is 44.6 Å². The third-order valence-corrected chi connectivity index (χ3v) is 7.98. The minimum Gasteiger partial charge on any atom is -0.497 e. The molecule has 6 nitrogen and oxygen atoms in total. The van der Waals surface area contributed by atoms with Gasteiger partial charge < -0.3 is 9.30 Å². The van der Waals surface area contributed by atoms with Gasteiger partial charge in [-0.05, 0) is 61.9 Å². The molecule has 2 heterocycles. The molecule has 0 saturated carbocycles. The van der Waals surface area contributed by atoms with Crippen molar-refractivity contribution < 1.29 is 4.74 Å². The topological polar surface area (TPSA) is 57.8 Å². The lowest BCUT2D eigenvalue weighted by Gasteiger charge is -2.11. The maximum absolute atomic E-state index is 6.63. The van der Waals surface area contributed by atoms with Gasteiger partial charge in [0.05, 0.1) is 23.5 Å². The molecule has 0 unspecified atom stereocenters. The second kappa shape index (κ2) is 11.4. The van der Waals surface area contributed by atoms with Crippen LogP contribution < -0.4 is 4.74 Å². The summed E-state index contributed by atoms with van der Waals surface area (Å²) in [6, 6.07) is 21.1. The first-order valence-corrected chi connectivity index (χ1v) is 14.0. The lowest BCUT2D eigenvalue weighted by atomic mass is 10.1. The Morgan fingerprint density at radius 1 is 0.895 bits per heavy atom. The zero-order chi connectivity index (χ0) is 26.8. The Morgan fingerprint density at radius 2 is 1.61 bits per heavy atom. The Labute approximate surface area is 240 Å². The summed E-state index contributed by atoms with van der Waals surface area (Å²) in [6.45, 7) is 4.80. The molecule has 3 aromatic carbocycles. The number of ether oxygens (including phenoxy) is 1. The SMILES string of the molecule is CCn1c(SCc2ccc(OC)cc2)nnc1-c1nn(-c2ccc(Cl)cc2Cl)c(-c2ccc(Cl)cc2)c1C. The molecule has 0 bridgehead atoms. The predicted molar refractivity (Wildman–Crippen MR) is 156 cm³/mol. The smallest absolute Gasteiger partial charge is 0.191 e. The molecule has 10 heteroatoms. The van der Waals surface area contributed by atoms with Gasteiger partial charge in [-0.15, -0.1) is 10.2 Å². The number of halogens is 3. The fourth-order valence-electron chi connectivity index (χ4n) is 4.21. The van der Waals surface area contributed by atoms with Crippen LogP contribution in [-0.4, -0.2) is 31.7 Å². The monoisotopic (exact) mass is 583 g/mol. The van der Waals surface area contributed by atoms with Crippen molar-refractivity contribution in [3.05, 3.63) is 92.9 Å². The summed E-state index contributed by atoms with van der Waals surface area (Å²) in [5.74, 6) is 2.29. The third kappa shape index (κ3) is 5.29. The Morgan fingerprint density at radius 3 is 2.26 bits per heavy atom. The molecule has 0 radical (unpaired) electrons. The molecular formula is C28H24Cl3N5OS. The van der Waals surface area contributed by atoms with Gasteiger partial charge in [-0.1, -0.05) is 70.8 Å². The number of hydrogen-bond acceptors (Lipinski definition) is 5. The van der Waals surface area contributed by atoms with E-state index in [9.17, 15) is 0 Å². The van der Waals surface area contributed by atoms with Gasteiger partial charge in [-0.2, -0.15) is 5.10 Å². The highest BCUT2D eigenvalue weighted by Crippen LogP contribution is 2.37. The molecule has 0 aliphatic carbocycles. The highest BCUT2D eigenvalue weighted by Gasteiger charge is 2.24. The van der Waals surface area contributed by atoms with Gasteiger partial charge in [0.1, 0.15) is 11.4 Å². The summed E-state index contributed by atoms with van der Waals surface area (Å²) in [5.41, 5.74) is 5.41. The molecule has 5 rings (SSSR count). The molecule has 0 fully saturated rings. The van der Waals surface area contributed by atoms with Crippen molar-refractivity contribution >= 4 is 46.6 Å². The number of rotatable bonds is 8. The zero-order valence-corrected chi connectivity index (χ0v) is 24.0. The molecule has 38 heavy (non-hydrogen) atoms. The van der Waals surface area contributed by atoms with Crippen LogP contribution >= 0.6 is 46.6 Å². The fourth-order valence-corrected chi connectivity index (χ4v) is 5.78. The molecule has 5 aromatic rings. The summed E-state index contributed by atoms with van der Waals surface area (Å²) in [5, 5.41) is 16.6. The Balaban J connectivity index is 1.57. The normalized spacial score (nSPS) is 11.2. The quantitative estimate of drug-likeness (QED) is 0.171. The molecule has 0 spiro atoms. The molecule has 0 N–H and O–H groups in total. The predicted octanol–water partition coefficient (Wildman–Crippen LogP) is 8.39. The van der Waals surface area contributed by atoms with Crippen LogP contribution in [0.4, 0.5) is 0 Å². The van der Waals surface area contributed by atoms with E-state index in [2.05, 4.69) is 33.8 Å². The fraction of sp³-hybridized carbons (Fsp3) is 0.179. The van der Waals surface area contributed by atoms with E-state index < -0.39 is 0 Å². The van der Waals surface area contributed by atoms with Crippen LogP contribution in [0.5, 0.6) is 5.75 Å². The number of thioether (sulfide) groups is 1. The standard InChI is InChI=1S/C28H24Cl3N5OS/c1-4-35-27(32-33-28(35)38-16-18-5-12-22(37-3)13-6-18)25-17(2)26(19-7-9-20(29)10-8-19)36(34-25)24-14-11-21(30)15-23(24)31/h5-15H,4,16H2,1-3H3. The van der Waals surface area contributed by atoms with E-state index in [0.717, 1.165) is 39.2 Å². The van der Waals surface area contributed by atoms with E-state index >= 15 is 0 Å². The second-order valence-corrected chi connectivity index (χ2v) is 10.7. The van der Waals surface area contributed by atoms with Gasteiger partial charge in [-0.25, -0.2) is 4.68 Å². The van der Waals surface area contributed by atoms with Gasteiger partial charge in [-0.3, -0.25) is 0 Å². The van der Waals surface area contributed by atoms with Crippen LogP contribution in [0.3, 0.4) is 0 Å². The van der Waals surface area contributed by atoms with Crippen molar-refractivity contribution in [3.63, 3.8) is 0 Å². The second-order valence-electron chi connectivity index (χ2n) is 8.52. The number of hydrogen-bond donors (Lipinski definition) is 0. The van der Waals surface area contributed by atoms with Gasteiger partial charge >= 0.3 is 0 Å². The van der Waals surface area contributed by atoms with Gasteiger partial charge in [0.15, 0.2) is 11.0 Å². The molecular weight excluding hydrogens is 561 g/mol. The van der Waals surface area contributed by atoms with Crippen LogP contribution in [0.1, 0.15) is 18.1 Å². The van der Waals surface area contributed by atoms with Crippen LogP contribution in [-0.2, 0) is 12.3 Å². The summed E-state index contributed by atoms with van der Waals surface area (Å²) >= 11 is 20.6. The van der Waals surface area contributed by atoms with Gasteiger partial charge in [0, 0.05) is 33.5 Å². The van der Waals surface area contributed by atoms with E-state index in [1.165, 1.54) is 5.56 Å². The Hall–Kier alpha value is -2.97. The molecule has 0 aliphatic heterocycles. The number of aromatic nitrogens is 5. The first-order chi connectivity index (χ1) is 18.4. The number of benzene rings is 3. The lowest BCUT2D eigenvalue weighted by Crippen LogP contribution is -2.02. The molecule has 0 amide bonds. The maximum Gasteiger partial charge on any atom is 0.191 e. The minimum atomic E-state index is 0.495.